The summed E-state index contributed by atoms with van der Waals surface area (Å²) in [5.74, 6) is 0.875. The predicted octanol–water partition coefficient (Wildman–Crippen LogP) is 3.42. The van der Waals surface area contributed by atoms with E-state index in [2.05, 4.69) is 22.9 Å². The number of thiol groups is 1. The highest BCUT2D eigenvalue weighted by Gasteiger charge is 2.17. The van der Waals surface area contributed by atoms with Gasteiger partial charge in [-0.3, -0.25) is 4.79 Å². The van der Waals surface area contributed by atoms with Gasteiger partial charge >= 0.3 is 0 Å². The maximum absolute atomic E-state index is 12.1. The number of hydrogen-bond acceptors (Lipinski definition) is 4. The average molecular weight is 297 g/mol. The molecule has 0 saturated heterocycles. The number of amides is 1. The van der Waals surface area contributed by atoms with Gasteiger partial charge < -0.3 is 9.73 Å². The summed E-state index contributed by atoms with van der Waals surface area (Å²) in [6.45, 7) is 3.59. The first-order valence-electron chi connectivity index (χ1n) is 5.69. The highest BCUT2D eigenvalue weighted by Crippen LogP contribution is 2.21. The molecular formula is C13H13ClN2O2S. The Kier molecular flexibility index (Phi) is 4.17. The smallest absolute Gasteiger partial charge is 0.253 e. The van der Waals surface area contributed by atoms with Crippen molar-refractivity contribution in [2.75, 3.05) is 0 Å². The predicted molar refractivity (Wildman–Crippen MR) is 75.8 cm³/mol. The van der Waals surface area contributed by atoms with Crippen LogP contribution < -0.4 is 5.32 Å². The first-order valence-corrected chi connectivity index (χ1v) is 6.51. The van der Waals surface area contributed by atoms with E-state index in [1.165, 1.54) is 0 Å². The minimum Gasteiger partial charge on any atom is -0.444 e. The molecule has 1 heterocycles. The van der Waals surface area contributed by atoms with Crippen LogP contribution in [0.3, 0.4) is 0 Å². The van der Waals surface area contributed by atoms with Crippen molar-refractivity contribution in [3.63, 3.8) is 0 Å². The SMILES string of the molecule is Cc1cnc(C(C)NC(=O)c2cc(S)ccc2Cl)o1. The van der Waals surface area contributed by atoms with Gasteiger partial charge in [0.05, 0.1) is 16.8 Å². The van der Waals surface area contributed by atoms with Gasteiger partial charge in [-0.2, -0.15) is 0 Å². The monoisotopic (exact) mass is 296 g/mol. The zero-order chi connectivity index (χ0) is 14.0. The Bertz CT molecular complexity index is 612. The Balaban J connectivity index is 2.15. The van der Waals surface area contributed by atoms with E-state index < -0.39 is 0 Å². The van der Waals surface area contributed by atoms with Crippen LogP contribution >= 0.6 is 24.2 Å². The second-order valence-electron chi connectivity index (χ2n) is 4.17. The molecule has 100 valence electrons. The van der Waals surface area contributed by atoms with E-state index >= 15 is 0 Å². The third-order valence-electron chi connectivity index (χ3n) is 2.55. The molecule has 0 aliphatic rings. The van der Waals surface area contributed by atoms with Crippen LogP contribution in [0.25, 0.3) is 0 Å². The van der Waals surface area contributed by atoms with Crippen molar-refractivity contribution in [1.29, 1.82) is 0 Å². The Morgan fingerprint density at radius 3 is 2.89 bits per heavy atom. The zero-order valence-electron chi connectivity index (χ0n) is 10.5. The van der Waals surface area contributed by atoms with Gasteiger partial charge in [0.25, 0.3) is 5.91 Å². The fourth-order valence-corrected chi connectivity index (χ4v) is 2.00. The van der Waals surface area contributed by atoms with Crippen molar-refractivity contribution >= 4 is 30.1 Å². The number of halogens is 1. The first-order chi connectivity index (χ1) is 8.97. The second-order valence-corrected chi connectivity index (χ2v) is 5.09. The summed E-state index contributed by atoms with van der Waals surface area (Å²) < 4.78 is 5.36. The highest BCUT2D eigenvalue weighted by molar-refractivity contribution is 7.80. The van der Waals surface area contributed by atoms with Gasteiger partial charge in [0.2, 0.25) is 5.89 Å². The number of carbonyl (C=O) groups excluding carboxylic acids is 1. The van der Waals surface area contributed by atoms with Gasteiger partial charge in [0.15, 0.2) is 0 Å². The summed E-state index contributed by atoms with van der Waals surface area (Å²) >= 11 is 10.2. The molecular weight excluding hydrogens is 284 g/mol. The van der Waals surface area contributed by atoms with Crippen molar-refractivity contribution in [3.05, 3.63) is 46.6 Å². The van der Waals surface area contributed by atoms with Crippen LogP contribution in [0.5, 0.6) is 0 Å². The van der Waals surface area contributed by atoms with E-state index in [0.29, 0.717) is 27.1 Å². The molecule has 0 aliphatic heterocycles. The van der Waals surface area contributed by atoms with Crippen molar-refractivity contribution in [1.82, 2.24) is 10.3 Å². The molecule has 2 rings (SSSR count). The lowest BCUT2D eigenvalue weighted by Gasteiger charge is -2.11. The number of rotatable bonds is 3. The molecule has 19 heavy (non-hydrogen) atoms. The van der Waals surface area contributed by atoms with Crippen molar-refractivity contribution in [2.24, 2.45) is 0 Å². The Morgan fingerprint density at radius 2 is 2.26 bits per heavy atom. The molecule has 1 amide bonds. The minimum absolute atomic E-state index is 0.288. The molecule has 1 atom stereocenters. The van der Waals surface area contributed by atoms with E-state index in [1.54, 1.807) is 38.2 Å². The lowest BCUT2D eigenvalue weighted by Crippen LogP contribution is -2.27. The van der Waals surface area contributed by atoms with E-state index in [-0.39, 0.29) is 11.9 Å². The Hall–Kier alpha value is -1.46. The molecule has 0 saturated carbocycles. The van der Waals surface area contributed by atoms with Crippen LogP contribution in [-0.2, 0) is 0 Å². The molecule has 0 radical (unpaired) electrons. The van der Waals surface area contributed by atoms with Crippen LogP contribution in [0.15, 0.2) is 33.7 Å². The number of hydrogen-bond donors (Lipinski definition) is 2. The Morgan fingerprint density at radius 1 is 1.53 bits per heavy atom. The molecule has 0 aliphatic carbocycles. The van der Waals surface area contributed by atoms with Crippen LogP contribution in [0, 0.1) is 6.92 Å². The Labute approximate surface area is 121 Å². The van der Waals surface area contributed by atoms with Crippen molar-refractivity contribution < 1.29 is 9.21 Å². The summed E-state index contributed by atoms with van der Waals surface area (Å²) in [6, 6.07) is 4.65. The maximum atomic E-state index is 12.1. The van der Waals surface area contributed by atoms with Crippen molar-refractivity contribution in [2.45, 2.75) is 24.8 Å². The standard InChI is InChI=1S/C13H13ClN2O2S/c1-7-6-15-13(18-7)8(2)16-12(17)10-5-9(19)3-4-11(10)14/h3-6,8,19H,1-2H3,(H,16,17). The highest BCUT2D eigenvalue weighted by atomic mass is 35.5. The summed E-state index contributed by atoms with van der Waals surface area (Å²) in [5.41, 5.74) is 0.379. The van der Waals surface area contributed by atoms with E-state index in [0.717, 1.165) is 0 Å². The lowest BCUT2D eigenvalue weighted by atomic mass is 10.2. The average Bonchev–Trinajstić information content (AvgIpc) is 2.79. The van der Waals surface area contributed by atoms with Crippen LogP contribution in [0.4, 0.5) is 0 Å². The van der Waals surface area contributed by atoms with Gasteiger partial charge in [-0.15, -0.1) is 12.6 Å². The minimum atomic E-state index is -0.333. The summed E-state index contributed by atoms with van der Waals surface area (Å²) in [5, 5.41) is 3.16. The van der Waals surface area contributed by atoms with Gasteiger partial charge in [-0.1, -0.05) is 11.6 Å². The molecule has 2 aromatic rings. The lowest BCUT2D eigenvalue weighted by molar-refractivity contribution is 0.0934. The van der Waals surface area contributed by atoms with E-state index in [1.807, 2.05) is 0 Å². The normalized spacial score (nSPS) is 12.2. The molecule has 1 aromatic heterocycles. The molecule has 1 unspecified atom stereocenters. The van der Waals surface area contributed by atoms with Gasteiger partial charge in [-0.05, 0) is 32.0 Å². The summed E-state index contributed by atoms with van der Waals surface area (Å²) in [6.07, 6.45) is 1.61. The van der Waals surface area contributed by atoms with Crippen LogP contribution in [-0.4, -0.2) is 10.9 Å². The maximum Gasteiger partial charge on any atom is 0.253 e. The quantitative estimate of drug-likeness (QED) is 0.853. The molecule has 0 bridgehead atoms. The molecule has 6 heteroatoms. The third-order valence-corrected chi connectivity index (χ3v) is 3.16. The van der Waals surface area contributed by atoms with Gasteiger partial charge in [-0.25, -0.2) is 4.98 Å². The molecule has 1 aromatic carbocycles. The fourth-order valence-electron chi connectivity index (χ4n) is 1.60. The topological polar surface area (TPSA) is 55.1 Å². The zero-order valence-corrected chi connectivity index (χ0v) is 12.1. The fraction of sp³-hybridized carbons (Fsp3) is 0.231. The molecule has 4 nitrogen and oxygen atoms in total. The number of aryl methyl sites for hydroxylation is 1. The number of oxazole rings is 1. The number of nitrogens with zero attached hydrogens (tertiary/aromatic N) is 1. The summed E-state index contributed by atoms with van der Waals surface area (Å²) in [7, 11) is 0. The number of benzene rings is 1. The van der Waals surface area contributed by atoms with Gasteiger partial charge in [0, 0.05) is 4.90 Å². The van der Waals surface area contributed by atoms with E-state index in [9.17, 15) is 4.79 Å². The number of nitrogens with one attached hydrogen (secondary N) is 1. The van der Waals surface area contributed by atoms with Crippen LogP contribution in [0.1, 0.15) is 35.0 Å². The first kappa shape index (κ1) is 14.0. The number of aromatic nitrogens is 1. The molecule has 0 fully saturated rings. The summed E-state index contributed by atoms with van der Waals surface area (Å²) in [4.78, 5) is 16.9. The van der Waals surface area contributed by atoms with E-state index in [4.69, 9.17) is 16.0 Å². The van der Waals surface area contributed by atoms with Crippen molar-refractivity contribution in [3.8, 4) is 0 Å². The number of carbonyl (C=O) groups is 1. The molecule has 0 spiro atoms. The second kappa shape index (κ2) is 5.67. The molecule has 1 N–H and O–H groups in total. The third kappa shape index (κ3) is 3.30. The van der Waals surface area contributed by atoms with Crippen LogP contribution in [0.2, 0.25) is 5.02 Å². The largest absolute Gasteiger partial charge is 0.444 e. The van der Waals surface area contributed by atoms with Gasteiger partial charge in [0.1, 0.15) is 11.8 Å².